The Labute approximate surface area is 89.8 Å². The smallest absolute Gasteiger partial charge is 0.421 e. The molecule has 0 aromatic rings. The average Bonchev–Trinajstić information content (AvgIpc) is 2.23. The van der Waals surface area contributed by atoms with E-state index in [-0.39, 0.29) is 6.61 Å². The summed E-state index contributed by atoms with van der Waals surface area (Å²) < 4.78 is 4.80. The topological polar surface area (TPSA) is 62.4 Å². The monoisotopic (exact) mass is 211 g/mol. The molecule has 0 heterocycles. The third kappa shape index (κ3) is 7.33. The lowest BCUT2D eigenvalue weighted by molar-refractivity contribution is 0.153. The molecule has 0 fully saturated rings. The zero-order valence-corrected chi connectivity index (χ0v) is 9.09. The highest BCUT2D eigenvalue weighted by Crippen LogP contribution is 1.96. The fourth-order valence-corrected chi connectivity index (χ4v) is 0.646. The number of hydrogen-bond acceptors (Lipinski definition) is 4. The molecule has 5 heteroatoms. The van der Waals surface area contributed by atoms with Crippen LogP contribution in [0.3, 0.4) is 0 Å². The molecule has 0 rings (SSSR count). The summed E-state index contributed by atoms with van der Waals surface area (Å²) in [4.78, 5) is 10.9. The van der Waals surface area contributed by atoms with E-state index < -0.39 is 6.09 Å². The maximum atomic E-state index is 10.9. The van der Waals surface area contributed by atoms with Gasteiger partial charge in [0.1, 0.15) is 6.61 Å². The number of rotatable bonds is 6. The number of hydrogen-bond donors (Lipinski definition) is 3. The van der Waals surface area contributed by atoms with Crippen molar-refractivity contribution in [3.8, 4) is 0 Å². The summed E-state index contributed by atoms with van der Waals surface area (Å²) in [6, 6.07) is 0. The van der Waals surface area contributed by atoms with E-state index in [1.54, 1.807) is 26.2 Å². The third-order valence-electron chi connectivity index (χ3n) is 1.46. The molecular weight excluding hydrogens is 194 g/mol. The lowest BCUT2D eigenvalue weighted by atomic mass is 10.3. The van der Waals surface area contributed by atoms with Gasteiger partial charge in [0.2, 0.25) is 0 Å². The minimum Gasteiger partial charge on any atom is -0.444 e. The molecule has 0 aliphatic carbocycles. The number of ether oxygens (including phenoxy) is 1. The second kappa shape index (κ2) is 7.64. The molecule has 5 nitrogen and oxygen atoms in total. The highest BCUT2D eigenvalue weighted by Gasteiger charge is 1.98. The summed E-state index contributed by atoms with van der Waals surface area (Å²) in [5.74, 6) is 0. The van der Waals surface area contributed by atoms with Crippen molar-refractivity contribution in [2.75, 3.05) is 20.7 Å². The van der Waals surface area contributed by atoms with Crippen LogP contribution in [0, 0.1) is 0 Å². The van der Waals surface area contributed by atoms with Crippen molar-refractivity contribution in [2.45, 2.75) is 0 Å². The molecule has 0 atom stereocenters. The van der Waals surface area contributed by atoms with Gasteiger partial charge in [0, 0.05) is 19.8 Å². The van der Waals surface area contributed by atoms with Crippen molar-refractivity contribution >= 4 is 6.09 Å². The van der Waals surface area contributed by atoms with Crippen molar-refractivity contribution in [2.24, 2.45) is 0 Å². The quantitative estimate of drug-likeness (QED) is 0.447. The van der Waals surface area contributed by atoms with Crippen LogP contribution in [0.25, 0.3) is 0 Å². The first kappa shape index (κ1) is 13.2. The summed E-state index contributed by atoms with van der Waals surface area (Å²) in [5, 5.41) is 2.85. The number of nitrogens with one attached hydrogen (secondary N) is 3. The second-order valence-corrected chi connectivity index (χ2v) is 2.72. The van der Waals surface area contributed by atoms with Crippen molar-refractivity contribution < 1.29 is 9.53 Å². The van der Waals surface area contributed by atoms with Gasteiger partial charge in [0.15, 0.2) is 0 Å². The van der Waals surface area contributed by atoms with Gasteiger partial charge in [-0.05, 0) is 11.6 Å². The Kier molecular flexibility index (Phi) is 6.74. The Morgan fingerprint density at radius 1 is 1.33 bits per heavy atom. The first-order chi connectivity index (χ1) is 7.10. The van der Waals surface area contributed by atoms with E-state index in [1.807, 2.05) is 0 Å². The molecule has 0 radical (unpaired) electrons. The largest absolute Gasteiger partial charge is 0.444 e. The van der Waals surface area contributed by atoms with Crippen molar-refractivity contribution in [1.29, 1.82) is 0 Å². The van der Waals surface area contributed by atoms with Gasteiger partial charge in [0.25, 0.3) is 0 Å². The van der Waals surface area contributed by atoms with Gasteiger partial charge >= 0.3 is 6.09 Å². The van der Waals surface area contributed by atoms with E-state index in [4.69, 9.17) is 4.74 Å². The number of allylic oxidation sites excluding steroid dienone is 1. The molecular formula is C10H17N3O2. The van der Waals surface area contributed by atoms with E-state index in [1.165, 1.54) is 0 Å². The molecule has 3 N–H and O–H groups in total. The standard InChI is InChI=1S/C10H17N3O2/c1-8(5-6-9(2)11-3)7-15-10(14)13-12-4/h5-6,11-12H,1-2,7H2,3-4H3,(H,13,14)/b6-5-. The van der Waals surface area contributed by atoms with Gasteiger partial charge in [-0.2, -0.15) is 0 Å². The number of likely N-dealkylation sites (N-methyl/N-ethyl adjacent to an activating group) is 1. The molecule has 0 aromatic heterocycles. The summed E-state index contributed by atoms with van der Waals surface area (Å²) in [6.45, 7) is 7.55. The molecule has 84 valence electrons. The summed E-state index contributed by atoms with van der Waals surface area (Å²) >= 11 is 0. The van der Waals surface area contributed by atoms with Gasteiger partial charge in [-0.15, -0.1) is 0 Å². The maximum Gasteiger partial charge on any atom is 0.421 e. The van der Waals surface area contributed by atoms with Gasteiger partial charge in [0.05, 0.1) is 0 Å². The van der Waals surface area contributed by atoms with Crippen LogP contribution in [0.2, 0.25) is 0 Å². The van der Waals surface area contributed by atoms with Crippen molar-refractivity contribution in [3.05, 3.63) is 36.6 Å². The van der Waals surface area contributed by atoms with Crippen LogP contribution in [0.1, 0.15) is 0 Å². The fourth-order valence-electron chi connectivity index (χ4n) is 0.646. The first-order valence-corrected chi connectivity index (χ1v) is 4.42. The Hall–Kier alpha value is -1.75. The van der Waals surface area contributed by atoms with Crippen LogP contribution in [-0.2, 0) is 4.74 Å². The Bertz CT molecular complexity index is 272. The fraction of sp³-hybridized carbons (Fsp3) is 0.300. The first-order valence-electron chi connectivity index (χ1n) is 4.42. The molecule has 0 unspecified atom stereocenters. The molecule has 0 spiro atoms. The van der Waals surface area contributed by atoms with Crippen LogP contribution in [0.5, 0.6) is 0 Å². The van der Waals surface area contributed by atoms with E-state index in [0.29, 0.717) is 5.57 Å². The number of hydrazine groups is 1. The SMILES string of the molecule is C=C(/C=C\C(=C)NC)COC(=O)NNC. The Morgan fingerprint density at radius 2 is 2.00 bits per heavy atom. The summed E-state index contributed by atoms with van der Waals surface area (Å²) in [5.41, 5.74) is 6.16. The van der Waals surface area contributed by atoms with Crippen molar-refractivity contribution in [3.63, 3.8) is 0 Å². The van der Waals surface area contributed by atoms with E-state index in [9.17, 15) is 4.79 Å². The molecule has 0 aromatic carbocycles. The maximum absolute atomic E-state index is 10.9. The van der Waals surface area contributed by atoms with Crippen LogP contribution < -0.4 is 16.2 Å². The predicted octanol–water partition coefficient (Wildman–Crippen LogP) is 0.693. The highest BCUT2D eigenvalue weighted by atomic mass is 16.6. The van der Waals surface area contributed by atoms with E-state index >= 15 is 0 Å². The number of amides is 1. The minimum atomic E-state index is -0.542. The normalized spacial score (nSPS) is 9.73. The second-order valence-electron chi connectivity index (χ2n) is 2.72. The molecule has 0 saturated heterocycles. The van der Waals surface area contributed by atoms with Crippen LogP contribution >= 0.6 is 0 Å². The van der Waals surface area contributed by atoms with Gasteiger partial charge < -0.3 is 10.1 Å². The zero-order chi connectivity index (χ0) is 11.7. The summed E-state index contributed by atoms with van der Waals surface area (Å²) in [6.07, 6.45) is 2.94. The molecule has 0 aliphatic rings. The van der Waals surface area contributed by atoms with Gasteiger partial charge in [-0.1, -0.05) is 19.2 Å². The lowest BCUT2D eigenvalue weighted by Gasteiger charge is -2.05. The van der Waals surface area contributed by atoms with Crippen LogP contribution in [0.4, 0.5) is 4.79 Å². The van der Waals surface area contributed by atoms with Gasteiger partial charge in [-0.3, -0.25) is 5.43 Å². The Balaban J connectivity index is 3.80. The highest BCUT2D eigenvalue weighted by molar-refractivity contribution is 5.66. The molecule has 0 saturated carbocycles. The van der Waals surface area contributed by atoms with Crippen LogP contribution in [-0.4, -0.2) is 26.8 Å². The lowest BCUT2D eigenvalue weighted by Crippen LogP contribution is -2.34. The number of carbonyl (C=O) groups excluding carboxylic acids is 1. The minimum absolute atomic E-state index is 0.140. The molecule has 15 heavy (non-hydrogen) atoms. The van der Waals surface area contributed by atoms with Crippen molar-refractivity contribution in [1.82, 2.24) is 16.2 Å². The van der Waals surface area contributed by atoms with E-state index in [2.05, 4.69) is 29.3 Å². The van der Waals surface area contributed by atoms with E-state index in [0.717, 1.165) is 5.70 Å². The Morgan fingerprint density at radius 3 is 2.53 bits per heavy atom. The molecule has 0 aliphatic heterocycles. The third-order valence-corrected chi connectivity index (χ3v) is 1.46. The zero-order valence-electron chi connectivity index (χ0n) is 9.09. The molecule has 0 bridgehead atoms. The van der Waals surface area contributed by atoms with Gasteiger partial charge in [-0.25, -0.2) is 10.2 Å². The summed E-state index contributed by atoms with van der Waals surface area (Å²) in [7, 11) is 3.35. The predicted molar refractivity (Wildman–Crippen MR) is 60.0 cm³/mol. The molecule has 1 amide bonds. The van der Waals surface area contributed by atoms with Crippen LogP contribution in [0.15, 0.2) is 36.6 Å². The number of carbonyl (C=O) groups is 1. The average molecular weight is 211 g/mol.